The van der Waals surface area contributed by atoms with Gasteiger partial charge in [-0.25, -0.2) is 17.9 Å². The van der Waals surface area contributed by atoms with E-state index in [2.05, 4.69) is 27.4 Å². The largest absolute Gasteiger partial charge is 0.382 e. The molecule has 1 aromatic heterocycles. The minimum atomic E-state index is -1.74. The molecule has 0 spiro atoms. The molecule has 4 rings (SSSR count). The molecule has 184 valence electrons. The van der Waals surface area contributed by atoms with E-state index in [0.29, 0.717) is 17.1 Å². The smallest absolute Gasteiger partial charge is 0.140 e. The highest BCUT2D eigenvalue weighted by Crippen LogP contribution is 2.28. The first-order valence-electron chi connectivity index (χ1n) is 10.8. The van der Waals surface area contributed by atoms with Crippen molar-refractivity contribution in [2.45, 2.75) is 18.7 Å². The van der Waals surface area contributed by atoms with Gasteiger partial charge in [0.1, 0.15) is 29.4 Å². The van der Waals surface area contributed by atoms with E-state index in [-0.39, 0.29) is 24.2 Å². The molecule has 0 saturated carbocycles. The molecule has 0 bridgehead atoms. The summed E-state index contributed by atoms with van der Waals surface area (Å²) in [6.07, 6.45) is 1.31. The van der Waals surface area contributed by atoms with Gasteiger partial charge < -0.3 is 5.11 Å². The summed E-state index contributed by atoms with van der Waals surface area (Å²) in [6, 6.07) is 14.7. The summed E-state index contributed by atoms with van der Waals surface area (Å²) < 4.78 is 43.3. The topological polar surface area (TPSA) is 67.1 Å². The number of hydrogen-bond acceptors (Lipinski definition) is 5. The summed E-state index contributed by atoms with van der Waals surface area (Å²) in [6.45, 7) is 0.287. The van der Waals surface area contributed by atoms with Gasteiger partial charge in [0.2, 0.25) is 0 Å². The Bertz CT molecular complexity index is 1400. The monoisotopic (exact) mass is 511 g/mol. The fourth-order valence-electron chi connectivity index (χ4n) is 3.85. The summed E-state index contributed by atoms with van der Waals surface area (Å²) in [5.41, 5.74) is 0.0458. The zero-order valence-corrected chi connectivity index (χ0v) is 19.9. The molecule has 0 aliphatic heterocycles. The molecule has 4 aromatic rings. The highest BCUT2D eigenvalue weighted by atomic mass is 35.5. The molecule has 3 aromatic carbocycles. The second-order valence-corrected chi connectivity index (χ2v) is 8.84. The molecule has 10 heteroatoms. The third-order valence-corrected chi connectivity index (χ3v) is 5.69. The number of aromatic nitrogens is 4. The number of halogens is 4. The molecule has 1 N–H and O–H groups in total. The van der Waals surface area contributed by atoms with Crippen LogP contribution in [0.25, 0.3) is 0 Å². The highest BCUT2D eigenvalue weighted by molar-refractivity contribution is 6.30. The molecular formula is C26H21ClF3N5O. The summed E-state index contributed by atoms with van der Waals surface area (Å²) in [5.74, 6) is 3.62. The van der Waals surface area contributed by atoms with E-state index in [1.807, 2.05) is 12.1 Å². The SMILES string of the molecule is CN(Cc1ccc(C#Cc2ccc(Cl)cc2F)cc1)CC(O)(Cn1cnnn1)c1ccc(F)cc1F. The van der Waals surface area contributed by atoms with E-state index in [1.165, 1.54) is 29.2 Å². The van der Waals surface area contributed by atoms with Crippen LogP contribution in [-0.4, -0.2) is 43.8 Å². The molecule has 0 amide bonds. The minimum absolute atomic E-state index is 0.00676. The summed E-state index contributed by atoms with van der Waals surface area (Å²) in [7, 11) is 1.77. The molecule has 0 aliphatic carbocycles. The molecule has 0 radical (unpaired) electrons. The van der Waals surface area contributed by atoms with Gasteiger partial charge in [-0.2, -0.15) is 0 Å². The van der Waals surface area contributed by atoms with Crippen molar-refractivity contribution in [3.63, 3.8) is 0 Å². The molecule has 1 heterocycles. The lowest BCUT2D eigenvalue weighted by molar-refractivity contribution is -0.0178. The second-order valence-electron chi connectivity index (χ2n) is 8.41. The van der Waals surface area contributed by atoms with Gasteiger partial charge >= 0.3 is 0 Å². The van der Waals surface area contributed by atoms with Crippen LogP contribution in [0, 0.1) is 29.3 Å². The maximum absolute atomic E-state index is 14.6. The minimum Gasteiger partial charge on any atom is -0.382 e. The lowest BCUT2D eigenvalue weighted by Gasteiger charge is -2.33. The third-order valence-electron chi connectivity index (χ3n) is 5.46. The Morgan fingerprint density at radius 2 is 1.78 bits per heavy atom. The fraction of sp³-hybridized carbons (Fsp3) is 0.192. The number of aliphatic hydroxyl groups is 1. The predicted octanol–water partition coefficient (Wildman–Crippen LogP) is 4.16. The van der Waals surface area contributed by atoms with Crippen LogP contribution in [0.4, 0.5) is 13.2 Å². The van der Waals surface area contributed by atoms with Crippen molar-refractivity contribution in [1.29, 1.82) is 0 Å². The molecule has 0 aliphatic rings. The van der Waals surface area contributed by atoms with Gasteiger partial charge in [-0.3, -0.25) is 4.90 Å². The molecule has 0 saturated heterocycles. The van der Waals surface area contributed by atoms with Gasteiger partial charge in [0.25, 0.3) is 0 Å². The Kier molecular flexibility index (Phi) is 7.70. The Hall–Kier alpha value is -3.71. The molecule has 1 unspecified atom stereocenters. The number of nitrogens with zero attached hydrogens (tertiary/aromatic N) is 5. The van der Waals surface area contributed by atoms with Crippen LogP contribution in [0.5, 0.6) is 0 Å². The van der Waals surface area contributed by atoms with E-state index in [1.54, 1.807) is 30.1 Å². The molecule has 0 fully saturated rings. The number of rotatable bonds is 7. The van der Waals surface area contributed by atoms with Crippen molar-refractivity contribution in [2.24, 2.45) is 0 Å². The van der Waals surface area contributed by atoms with Gasteiger partial charge in [-0.15, -0.1) is 5.10 Å². The van der Waals surface area contributed by atoms with Crippen molar-refractivity contribution in [3.05, 3.63) is 112 Å². The van der Waals surface area contributed by atoms with Crippen LogP contribution in [0.3, 0.4) is 0 Å². The van der Waals surface area contributed by atoms with Gasteiger partial charge in [-0.05, 0) is 59.4 Å². The first-order valence-corrected chi connectivity index (χ1v) is 11.2. The fourth-order valence-corrected chi connectivity index (χ4v) is 4.00. The van der Waals surface area contributed by atoms with Gasteiger partial charge in [0, 0.05) is 35.3 Å². The van der Waals surface area contributed by atoms with Crippen LogP contribution >= 0.6 is 11.6 Å². The zero-order chi connectivity index (χ0) is 25.7. The summed E-state index contributed by atoms with van der Waals surface area (Å²) >= 11 is 5.77. The van der Waals surface area contributed by atoms with Gasteiger partial charge in [0.05, 0.1) is 12.1 Å². The third kappa shape index (κ3) is 6.29. The Balaban J connectivity index is 1.48. The second kappa shape index (κ2) is 10.9. The standard InChI is InChI=1S/C26H21ClF3N5O/c1-34(14-19-4-2-18(3-5-19)6-7-20-8-9-21(27)12-24(20)29)15-26(36,16-35-17-31-32-33-35)23-11-10-22(28)13-25(23)30/h2-5,8-13,17,36H,14-16H2,1H3. The van der Waals surface area contributed by atoms with E-state index in [4.69, 9.17) is 11.6 Å². The van der Waals surface area contributed by atoms with Crippen molar-refractivity contribution in [2.75, 3.05) is 13.6 Å². The maximum Gasteiger partial charge on any atom is 0.140 e. The van der Waals surface area contributed by atoms with Crippen molar-refractivity contribution < 1.29 is 18.3 Å². The number of tetrazole rings is 1. The predicted molar refractivity (Wildman–Crippen MR) is 128 cm³/mol. The zero-order valence-electron chi connectivity index (χ0n) is 19.2. The van der Waals surface area contributed by atoms with Crippen LogP contribution in [0.2, 0.25) is 5.02 Å². The van der Waals surface area contributed by atoms with E-state index >= 15 is 0 Å². The average Bonchev–Trinajstić information content (AvgIpc) is 3.32. The van der Waals surface area contributed by atoms with Crippen LogP contribution in [-0.2, 0) is 18.7 Å². The Morgan fingerprint density at radius 3 is 2.44 bits per heavy atom. The van der Waals surface area contributed by atoms with Crippen molar-refractivity contribution in [3.8, 4) is 11.8 Å². The summed E-state index contributed by atoms with van der Waals surface area (Å²) in [4.78, 5) is 1.80. The van der Waals surface area contributed by atoms with Crippen molar-refractivity contribution >= 4 is 11.6 Å². The molecular weight excluding hydrogens is 491 g/mol. The molecule has 36 heavy (non-hydrogen) atoms. The first-order chi connectivity index (χ1) is 17.2. The van der Waals surface area contributed by atoms with E-state index < -0.39 is 23.1 Å². The Morgan fingerprint density at radius 1 is 1.00 bits per heavy atom. The van der Waals surface area contributed by atoms with Crippen LogP contribution in [0.1, 0.15) is 22.3 Å². The number of hydrogen-bond donors (Lipinski definition) is 1. The quantitative estimate of drug-likeness (QED) is 0.377. The molecule has 1 atom stereocenters. The van der Waals surface area contributed by atoms with E-state index in [9.17, 15) is 18.3 Å². The van der Waals surface area contributed by atoms with Crippen LogP contribution < -0.4 is 0 Å². The lowest BCUT2D eigenvalue weighted by Crippen LogP contribution is -2.43. The maximum atomic E-state index is 14.6. The number of benzene rings is 3. The van der Waals surface area contributed by atoms with E-state index in [0.717, 1.165) is 17.7 Å². The van der Waals surface area contributed by atoms with Crippen LogP contribution in [0.15, 0.2) is 67.0 Å². The lowest BCUT2D eigenvalue weighted by atomic mass is 9.92. The summed E-state index contributed by atoms with van der Waals surface area (Å²) in [5, 5.41) is 22.6. The molecule has 6 nitrogen and oxygen atoms in total. The van der Waals surface area contributed by atoms with Gasteiger partial charge in [-0.1, -0.05) is 41.6 Å². The Labute approximate surface area is 210 Å². The van der Waals surface area contributed by atoms with Gasteiger partial charge in [0.15, 0.2) is 0 Å². The normalized spacial score (nSPS) is 12.8. The highest BCUT2D eigenvalue weighted by Gasteiger charge is 2.35. The first kappa shape index (κ1) is 25.4. The van der Waals surface area contributed by atoms with Crippen molar-refractivity contribution in [1.82, 2.24) is 25.1 Å². The number of likely N-dealkylation sites (N-methyl/N-ethyl adjacent to an activating group) is 1. The average molecular weight is 512 g/mol.